The first-order valence-electron chi connectivity index (χ1n) is 14.2. The molecule has 0 spiro atoms. The average molecular weight is 661 g/mol. The SMILES string of the molecule is COC(=O)[C@H](CO[Si](C)(C)C(C)(C)C)NC(=O)c1csc(-c2csc([C@@H]3COC(C)(C)N3C(=O)OCc3ccccc3)n2)n1. The Labute approximate surface area is 267 Å². The molecule has 0 unspecified atom stereocenters. The molecule has 2 amide bonds. The molecule has 1 fully saturated rings. The summed E-state index contributed by atoms with van der Waals surface area (Å²) >= 11 is 2.63. The number of nitrogens with zero attached hydrogens (tertiary/aromatic N) is 3. The zero-order chi connectivity index (χ0) is 32.3. The van der Waals surface area contributed by atoms with Crippen LogP contribution in [0.5, 0.6) is 0 Å². The lowest BCUT2D eigenvalue weighted by Crippen LogP contribution is -2.49. The highest BCUT2D eigenvalue weighted by Gasteiger charge is 2.47. The van der Waals surface area contributed by atoms with Gasteiger partial charge in [0.05, 0.1) is 20.3 Å². The van der Waals surface area contributed by atoms with Crippen LogP contribution >= 0.6 is 22.7 Å². The van der Waals surface area contributed by atoms with Gasteiger partial charge in [-0.2, -0.15) is 0 Å². The van der Waals surface area contributed by atoms with Gasteiger partial charge in [0.2, 0.25) is 0 Å². The fourth-order valence-corrected chi connectivity index (χ4v) is 6.93. The molecular formula is C30H40N4O7S2Si. The second-order valence-corrected chi connectivity index (χ2v) is 19.0. The van der Waals surface area contributed by atoms with E-state index < -0.39 is 44.1 Å². The number of hydrogen-bond donors (Lipinski definition) is 1. The number of carbonyl (C=O) groups is 3. The van der Waals surface area contributed by atoms with Gasteiger partial charge in [0.1, 0.15) is 45.8 Å². The van der Waals surface area contributed by atoms with E-state index >= 15 is 0 Å². The van der Waals surface area contributed by atoms with Crippen molar-refractivity contribution < 1.29 is 33.0 Å². The largest absolute Gasteiger partial charge is 0.467 e. The molecule has 1 aliphatic rings. The van der Waals surface area contributed by atoms with Crippen molar-refractivity contribution in [2.75, 3.05) is 20.3 Å². The first-order chi connectivity index (χ1) is 20.6. The zero-order valence-corrected chi connectivity index (χ0v) is 29.0. The summed E-state index contributed by atoms with van der Waals surface area (Å²) in [6.07, 6.45) is -0.496. The van der Waals surface area contributed by atoms with Crippen LogP contribution in [-0.4, -0.2) is 73.2 Å². The van der Waals surface area contributed by atoms with Crippen LogP contribution in [0.2, 0.25) is 18.1 Å². The summed E-state index contributed by atoms with van der Waals surface area (Å²) in [6.45, 7) is 14.5. The van der Waals surface area contributed by atoms with Gasteiger partial charge in [0.15, 0.2) is 8.32 Å². The third kappa shape index (κ3) is 7.72. The molecule has 2 atom stereocenters. The Bertz CT molecular complexity index is 1470. The number of methoxy groups -OCH3 is 1. The third-order valence-electron chi connectivity index (χ3n) is 7.86. The molecule has 0 bridgehead atoms. The summed E-state index contributed by atoms with van der Waals surface area (Å²) in [5, 5.41) is 7.29. The first-order valence-corrected chi connectivity index (χ1v) is 18.9. The predicted molar refractivity (Wildman–Crippen MR) is 171 cm³/mol. The molecule has 238 valence electrons. The van der Waals surface area contributed by atoms with Crippen molar-refractivity contribution in [2.24, 2.45) is 0 Å². The average Bonchev–Trinajstić information content (AvgIpc) is 3.72. The van der Waals surface area contributed by atoms with E-state index in [4.69, 9.17) is 23.6 Å². The monoisotopic (exact) mass is 660 g/mol. The number of nitrogens with one attached hydrogen (secondary N) is 1. The van der Waals surface area contributed by atoms with Gasteiger partial charge in [0, 0.05) is 10.8 Å². The predicted octanol–water partition coefficient (Wildman–Crippen LogP) is 6.01. The molecule has 0 radical (unpaired) electrons. The Hall–Kier alpha value is -3.17. The minimum Gasteiger partial charge on any atom is -0.467 e. The molecule has 2 aromatic heterocycles. The van der Waals surface area contributed by atoms with E-state index in [0.29, 0.717) is 15.7 Å². The minimum absolute atomic E-state index is 0.00539. The number of thiazole rings is 2. The van der Waals surface area contributed by atoms with Crippen molar-refractivity contribution in [1.29, 1.82) is 0 Å². The van der Waals surface area contributed by atoms with Crippen LogP contribution in [0, 0.1) is 0 Å². The Balaban J connectivity index is 1.44. The number of hydrogen-bond acceptors (Lipinski definition) is 11. The molecule has 11 nitrogen and oxygen atoms in total. The Morgan fingerprint density at radius 3 is 2.50 bits per heavy atom. The number of benzene rings is 1. The van der Waals surface area contributed by atoms with E-state index in [1.54, 1.807) is 10.3 Å². The number of aromatic nitrogens is 2. The van der Waals surface area contributed by atoms with E-state index in [1.807, 2.05) is 49.6 Å². The van der Waals surface area contributed by atoms with Gasteiger partial charge in [-0.25, -0.2) is 19.6 Å². The normalized spacial score (nSPS) is 17.3. The number of carbonyl (C=O) groups excluding carboxylic acids is 3. The molecule has 3 aromatic rings. The second kappa shape index (κ2) is 13.4. The number of esters is 1. The molecule has 1 N–H and O–H groups in total. The summed E-state index contributed by atoms with van der Waals surface area (Å²) in [7, 11) is -0.895. The van der Waals surface area contributed by atoms with Crippen LogP contribution in [0.25, 0.3) is 10.7 Å². The van der Waals surface area contributed by atoms with Crippen LogP contribution < -0.4 is 5.32 Å². The smallest absolute Gasteiger partial charge is 0.413 e. The Kier molecular flexibility index (Phi) is 10.3. The first kappa shape index (κ1) is 33.7. The van der Waals surface area contributed by atoms with Crippen molar-refractivity contribution in [3.05, 3.63) is 57.4 Å². The highest BCUT2D eigenvalue weighted by molar-refractivity contribution is 7.14. The standard InChI is InChI=1S/C30H40N4O7S2Si/c1-29(2,3)44(7,8)41-15-20(27(36)38-6)31-24(35)21-17-42-25(32-21)22-18-43-26(33-22)23-16-40-30(4,5)34(23)28(37)39-14-19-12-10-9-11-13-19/h9-13,17-18,20,23H,14-16H2,1-8H3,(H,31,35)/t20-,23-/m0/s1. The van der Waals surface area contributed by atoms with E-state index in [-0.39, 0.29) is 30.6 Å². The van der Waals surface area contributed by atoms with Gasteiger partial charge in [-0.3, -0.25) is 9.69 Å². The Morgan fingerprint density at radius 2 is 1.84 bits per heavy atom. The molecular weight excluding hydrogens is 621 g/mol. The number of rotatable bonds is 10. The van der Waals surface area contributed by atoms with E-state index in [9.17, 15) is 14.4 Å². The summed E-state index contributed by atoms with van der Waals surface area (Å²) in [5.74, 6) is -1.11. The van der Waals surface area contributed by atoms with Gasteiger partial charge in [0.25, 0.3) is 5.91 Å². The van der Waals surface area contributed by atoms with Gasteiger partial charge < -0.3 is 24.0 Å². The van der Waals surface area contributed by atoms with Gasteiger partial charge >= 0.3 is 12.1 Å². The lowest BCUT2D eigenvalue weighted by atomic mass is 10.2. The molecule has 1 aromatic carbocycles. The van der Waals surface area contributed by atoms with E-state index in [2.05, 4.69) is 44.2 Å². The van der Waals surface area contributed by atoms with Crippen molar-refractivity contribution in [1.82, 2.24) is 20.2 Å². The van der Waals surface area contributed by atoms with Crippen molar-refractivity contribution in [3.63, 3.8) is 0 Å². The van der Waals surface area contributed by atoms with Gasteiger partial charge in [-0.1, -0.05) is 51.1 Å². The van der Waals surface area contributed by atoms with Gasteiger partial charge in [-0.15, -0.1) is 22.7 Å². The molecule has 4 rings (SSSR count). The lowest BCUT2D eigenvalue weighted by molar-refractivity contribution is -0.143. The molecule has 14 heteroatoms. The topological polar surface area (TPSA) is 129 Å². The highest BCUT2D eigenvalue weighted by atomic mass is 32.1. The summed E-state index contributed by atoms with van der Waals surface area (Å²) in [6, 6.07) is 8.05. The number of ether oxygens (including phenoxy) is 3. The maximum Gasteiger partial charge on any atom is 0.413 e. The van der Waals surface area contributed by atoms with Gasteiger partial charge in [-0.05, 0) is 37.5 Å². The lowest BCUT2D eigenvalue weighted by Gasteiger charge is -2.37. The summed E-state index contributed by atoms with van der Waals surface area (Å²) < 4.78 is 22.6. The van der Waals surface area contributed by atoms with Crippen molar-refractivity contribution in [3.8, 4) is 10.7 Å². The summed E-state index contributed by atoms with van der Waals surface area (Å²) in [5.41, 5.74) is 0.720. The highest BCUT2D eigenvalue weighted by Crippen LogP contribution is 2.40. The maximum absolute atomic E-state index is 13.2. The van der Waals surface area contributed by atoms with Crippen molar-refractivity contribution >= 4 is 49.0 Å². The molecule has 1 aliphatic heterocycles. The fourth-order valence-electron chi connectivity index (χ4n) is 4.21. The fraction of sp³-hybridized carbons (Fsp3) is 0.500. The molecule has 1 saturated heterocycles. The maximum atomic E-state index is 13.2. The second-order valence-electron chi connectivity index (χ2n) is 12.4. The molecule has 44 heavy (non-hydrogen) atoms. The minimum atomic E-state index is -2.17. The zero-order valence-electron chi connectivity index (χ0n) is 26.3. The summed E-state index contributed by atoms with van der Waals surface area (Å²) in [4.78, 5) is 49.5. The molecule has 0 saturated carbocycles. The van der Waals surface area contributed by atoms with Crippen LogP contribution in [0.15, 0.2) is 41.1 Å². The van der Waals surface area contributed by atoms with Crippen LogP contribution in [0.1, 0.15) is 61.7 Å². The van der Waals surface area contributed by atoms with Crippen LogP contribution in [0.4, 0.5) is 4.79 Å². The number of amides is 2. The van der Waals surface area contributed by atoms with E-state index in [0.717, 1.165) is 5.56 Å². The molecule has 3 heterocycles. The quantitative estimate of drug-likeness (QED) is 0.205. The Morgan fingerprint density at radius 1 is 1.14 bits per heavy atom. The van der Waals surface area contributed by atoms with Crippen LogP contribution in [0.3, 0.4) is 0 Å². The molecule has 0 aliphatic carbocycles. The van der Waals surface area contributed by atoms with E-state index in [1.165, 1.54) is 29.8 Å². The van der Waals surface area contributed by atoms with Crippen molar-refractivity contribution in [2.45, 2.75) is 77.2 Å². The van der Waals surface area contributed by atoms with Crippen LogP contribution in [-0.2, 0) is 30.0 Å². The third-order valence-corrected chi connectivity index (χ3v) is 14.2.